The van der Waals surface area contributed by atoms with Crippen molar-refractivity contribution in [2.45, 2.75) is 51.6 Å². The predicted octanol–water partition coefficient (Wildman–Crippen LogP) is 2.94. The Morgan fingerprint density at radius 1 is 1.32 bits per heavy atom. The molecule has 2 aliphatic rings. The molecule has 1 aliphatic carbocycles. The molecule has 1 saturated carbocycles. The molecule has 0 radical (unpaired) electrons. The third-order valence-corrected chi connectivity index (χ3v) is 6.45. The molecule has 2 heterocycles. The second kappa shape index (κ2) is 7.24. The minimum Gasteiger partial charge on any atom is -0.483 e. The van der Waals surface area contributed by atoms with Crippen LogP contribution in [0.1, 0.15) is 43.2 Å². The van der Waals surface area contributed by atoms with Crippen molar-refractivity contribution in [1.82, 2.24) is 4.90 Å². The monoisotopic (exact) mass is 385 g/mol. The lowest BCUT2D eigenvalue weighted by Gasteiger charge is -2.47. The Morgan fingerprint density at radius 3 is 2.96 bits per heavy atom. The number of ether oxygens (including phenoxy) is 1. The fourth-order valence-corrected chi connectivity index (χ4v) is 4.68. The molecule has 6 heteroatoms. The lowest BCUT2D eigenvalue weighted by Crippen LogP contribution is -2.55. The van der Waals surface area contributed by atoms with Gasteiger partial charge in [-0.1, -0.05) is 12.8 Å². The van der Waals surface area contributed by atoms with Crippen molar-refractivity contribution in [3.05, 3.63) is 39.7 Å². The van der Waals surface area contributed by atoms with E-state index in [0.717, 1.165) is 36.6 Å². The largest absolute Gasteiger partial charge is 0.483 e. The van der Waals surface area contributed by atoms with Gasteiger partial charge in [0.15, 0.2) is 6.61 Å². The minimum atomic E-state index is -0.597. The fourth-order valence-electron chi connectivity index (χ4n) is 4.68. The Hall–Kier alpha value is -2.34. The zero-order valence-electron chi connectivity index (χ0n) is 16.5. The number of hydrogen-bond donors (Lipinski definition) is 1. The third kappa shape index (κ3) is 3.41. The van der Waals surface area contributed by atoms with E-state index in [1.165, 1.54) is 6.07 Å². The highest BCUT2D eigenvalue weighted by molar-refractivity contribution is 5.85. The summed E-state index contributed by atoms with van der Waals surface area (Å²) in [7, 11) is 0. The Morgan fingerprint density at radius 2 is 2.14 bits per heavy atom. The van der Waals surface area contributed by atoms with Crippen LogP contribution in [0.25, 0.3) is 11.0 Å². The van der Waals surface area contributed by atoms with Crippen molar-refractivity contribution in [2.24, 2.45) is 5.92 Å². The summed E-state index contributed by atoms with van der Waals surface area (Å²) in [6, 6.07) is 5.13. The summed E-state index contributed by atoms with van der Waals surface area (Å²) >= 11 is 0. The Bertz CT molecular complexity index is 965. The van der Waals surface area contributed by atoms with Gasteiger partial charge in [-0.25, -0.2) is 4.79 Å². The number of hydrogen-bond acceptors (Lipinski definition) is 5. The zero-order valence-corrected chi connectivity index (χ0v) is 16.5. The first kappa shape index (κ1) is 19.0. The van der Waals surface area contributed by atoms with E-state index in [1.54, 1.807) is 0 Å². The maximum absolute atomic E-state index is 12.7. The van der Waals surface area contributed by atoms with Gasteiger partial charge >= 0.3 is 5.63 Å². The van der Waals surface area contributed by atoms with Gasteiger partial charge in [0.25, 0.3) is 5.91 Å². The second-order valence-corrected chi connectivity index (χ2v) is 8.24. The molecule has 2 aromatic rings. The number of aliphatic hydroxyl groups is 1. The SMILES string of the molecule is Cc1cc(=O)oc2c(C)c(OCC(=O)N3CC[C@@]4(O)CCCC[C@@H]4C3)ccc12. The summed E-state index contributed by atoms with van der Waals surface area (Å²) in [6.07, 6.45) is 4.65. The van der Waals surface area contributed by atoms with E-state index in [0.29, 0.717) is 36.4 Å². The smallest absolute Gasteiger partial charge is 0.336 e. The first-order valence-electron chi connectivity index (χ1n) is 10.0. The lowest BCUT2D eigenvalue weighted by atomic mass is 9.71. The number of aryl methyl sites for hydroxylation is 2. The van der Waals surface area contributed by atoms with Gasteiger partial charge in [-0.2, -0.15) is 0 Å². The van der Waals surface area contributed by atoms with Crippen LogP contribution in [0, 0.1) is 19.8 Å². The normalized spacial score (nSPS) is 24.8. The molecule has 6 nitrogen and oxygen atoms in total. The number of piperidine rings is 1. The first-order chi connectivity index (χ1) is 13.4. The lowest BCUT2D eigenvalue weighted by molar-refractivity contribution is -0.145. The molecule has 0 unspecified atom stereocenters. The van der Waals surface area contributed by atoms with Gasteiger partial charge in [-0.3, -0.25) is 4.79 Å². The number of rotatable bonds is 3. The average Bonchev–Trinajstić information content (AvgIpc) is 2.67. The van der Waals surface area contributed by atoms with E-state index in [1.807, 2.05) is 30.9 Å². The summed E-state index contributed by atoms with van der Waals surface area (Å²) in [5, 5.41) is 11.6. The predicted molar refractivity (Wildman–Crippen MR) is 106 cm³/mol. The van der Waals surface area contributed by atoms with E-state index in [4.69, 9.17) is 9.15 Å². The van der Waals surface area contributed by atoms with Crippen molar-refractivity contribution in [3.63, 3.8) is 0 Å². The van der Waals surface area contributed by atoms with Crippen LogP contribution in [-0.2, 0) is 4.79 Å². The van der Waals surface area contributed by atoms with Crippen molar-refractivity contribution >= 4 is 16.9 Å². The molecule has 1 N–H and O–H groups in total. The van der Waals surface area contributed by atoms with E-state index < -0.39 is 11.2 Å². The summed E-state index contributed by atoms with van der Waals surface area (Å²) in [5.41, 5.74) is 1.08. The van der Waals surface area contributed by atoms with Gasteiger partial charge in [0.2, 0.25) is 0 Å². The molecule has 28 heavy (non-hydrogen) atoms. The zero-order chi connectivity index (χ0) is 19.9. The highest BCUT2D eigenvalue weighted by Crippen LogP contribution is 2.39. The van der Waals surface area contributed by atoms with Crippen LogP contribution >= 0.6 is 0 Å². The number of nitrogens with zero attached hydrogens (tertiary/aromatic N) is 1. The number of amides is 1. The summed E-state index contributed by atoms with van der Waals surface area (Å²) < 4.78 is 11.1. The Balaban J connectivity index is 1.45. The molecule has 1 aromatic carbocycles. The summed E-state index contributed by atoms with van der Waals surface area (Å²) in [5.74, 6) is 0.636. The molecular weight excluding hydrogens is 358 g/mol. The standard InChI is InChI=1S/C22H27NO5/c1-14-11-20(25)28-21-15(2)18(7-6-17(14)21)27-13-19(24)23-10-9-22(26)8-4-3-5-16(22)12-23/h6-7,11,16,26H,3-5,8-10,12-13H2,1-2H3/t16-,22+/m1/s1. The molecule has 0 bridgehead atoms. The van der Waals surface area contributed by atoms with Crippen molar-refractivity contribution in [1.29, 1.82) is 0 Å². The van der Waals surface area contributed by atoms with E-state index in [9.17, 15) is 14.7 Å². The molecule has 4 rings (SSSR count). The van der Waals surface area contributed by atoms with E-state index in [-0.39, 0.29) is 18.4 Å². The van der Waals surface area contributed by atoms with Crippen LogP contribution in [0.5, 0.6) is 5.75 Å². The van der Waals surface area contributed by atoms with Crippen LogP contribution in [0.3, 0.4) is 0 Å². The first-order valence-corrected chi connectivity index (χ1v) is 10.0. The number of carbonyl (C=O) groups is 1. The van der Waals surface area contributed by atoms with E-state index >= 15 is 0 Å². The van der Waals surface area contributed by atoms with Crippen LogP contribution in [0.2, 0.25) is 0 Å². The molecule has 2 atom stereocenters. The van der Waals surface area contributed by atoms with Crippen molar-refractivity contribution in [3.8, 4) is 5.75 Å². The van der Waals surface area contributed by atoms with Gasteiger partial charge < -0.3 is 19.2 Å². The highest BCUT2D eigenvalue weighted by atomic mass is 16.5. The van der Waals surface area contributed by atoms with Crippen LogP contribution in [0.4, 0.5) is 0 Å². The van der Waals surface area contributed by atoms with Crippen molar-refractivity contribution < 1.29 is 19.1 Å². The van der Waals surface area contributed by atoms with Crippen molar-refractivity contribution in [2.75, 3.05) is 19.7 Å². The maximum Gasteiger partial charge on any atom is 0.336 e. The van der Waals surface area contributed by atoms with Gasteiger partial charge in [0, 0.05) is 36.0 Å². The van der Waals surface area contributed by atoms with Crippen LogP contribution in [-0.4, -0.2) is 41.2 Å². The molecular formula is C22H27NO5. The molecule has 1 aromatic heterocycles. The summed E-state index contributed by atoms with van der Waals surface area (Å²) in [6.45, 7) is 4.80. The molecule has 2 fully saturated rings. The second-order valence-electron chi connectivity index (χ2n) is 8.24. The third-order valence-electron chi connectivity index (χ3n) is 6.45. The molecule has 150 valence electrons. The van der Waals surface area contributed by atoms with Gasteiger partial charge in [-0.05, 0) is 50.8 Å². The highest BCUT2D eigenvalue weighted by Gasteiger charge is 2.43. The number of carbonyl (C=O) groups excluding carboxylic acids is 1. The average molecular weight is 385 g/mol. The molecule has 1 aliphatic heterocycles. The van der Waals surface area contributed by atoms with Gasteiger partial charge in [0.1, 0.15) is 11.3 Å². The minimum absolute atomic E-state index is 0.0620. The quantitative estimate of drug-likeness (QED) is 0.822. The topological polar surface area (TPSA) is 80.0 Å². The van der Waals surface area contributed by atoms with Crippen LogP contribution in [0.15, 0.2) is 27.4 Å². The summed E-state index contributed by atoms with van der Waals surface area (Å²) in [4.78, 5) is 26.2. The molecule has 0 spiro atoms. The fraction of sp³-hybridized carbons (Fsp3) is 0.545. The Kier molecular flexibility index (Phi) is 4.91. The maximum atomic E-state index is 12.7. The number of benzene rings is 1. The van der Waals surface area contributed by atoms with E-state index in [2.05, 4.69) is 0 Å². The number of likely N-dealkylation sites (tertiary alicyclic amines) is 1. The molecule has 1 saturated heterocycles. The van der Waals surface area contributed by atoms with Crippen LogP contribution < -0.4 is 10.4 Å². The Labute approximate surface area is 164 Å². The van der Waals surface area contributed by atoms with Gasteiger partial charge in [0.05, 0.1) is 5.60 Å². The van der Waals surface area contributed by atoms with Gasteiger partial charge in [-0.15, -0.1) is 0 Å². The molecule has 1 amide bonds. The number of fused-ring (bicyclic) bond motifs is 2.